The summed E-state index contributed by atoms with van der Waals surface area (Å²) in [4.78, 5) is 16.9. The SMILES string of the molecule is O=c1[nH]c(-c2ccc(N3CCSc4cc(C5=CCC(C(F)(F)F)C=C5)ccc43)cc2Cl)no1. The fraction of sp³-hybridized carbons (Fsp3) is 0.217. The van der Waals surface area contributed by atoms with Gasteiger partial charge in [0.25, 0.3) is 0 Å². The minimum Gasteiger partial charge on any atom is -0.340 e. The normalized spacial score (nSPS) is 18.2. The number of hydrogen-bond donors (Lipinski definition) is 1. The molecule has 5 rings (SSSR count). The molecule has 1 atom stereocenters. The molecule has 0 fully saturated rings. The Bertz CT molecular complexity index is 1330. The molecule has 33 heavy (non-hydrogen) atoms. The molecule has 10 heteroatoms. The average Bonchev–Trinajstić information content (AvgIpc) is 3.23. The van der Waals surface area contributed by atoms with Gasteiger partial charge in [-0.2, -0.15) is 13.2 Å². The summed E-state index contributed by atoms with van der Waals surface area (Å²) >= 11 is 8.17. The van der Waals surface area contributed by atoms with Gasteiger partial charge in [0, 0.05) is 28.4 Å². The van der Waals surface area contributed by atoms with E-state index in [1.807, 2.05) is 24.3 Å². The van der Waals surface area contributed by atoms with Gasteiger partial charge in [-0.25, -0.2) is 4.79 Å². The van der Waals surface area contributed by atoms with Crippen molar-refractivity contribution in [1.29, 1.82) is 0 Å². The van der Waals surface area contributed by atoms with E-state index in [2.05, 4.69) is 19.6 Å². The third-order valence-corrected chi connectivity index (χ3v) is 6.97. The van der Waals surface area contributed by atoms with E-state index in [-0.39, 0.29) is 12.2 Å². The van der Waals surface area contributed by atoms with Crippen LogP contribution in [-0.4, -0.2) is 28.6 Å². The molecule has 170 valence electrons. The van der Waals surface area contributed by atoms with Gasteiger partial charge in [-0.15, -0.1) is 11.8 Å². The number of benzene rings is 2. The Labute approximate surface area is 195 Å². The lowest BCUT2D eigenvalue weighted by Gasteiger charge is -2.31. The van der Waals surface area contributed by atoms with E-state index in [9.17, 15) is 18.0 Å². The number of fused-ring (bicyclic) bond motifs is 1. The summed E-state index contributed by atoms with van der Waals surface area (Å²) in [5.41, 5.74) is 4.13. The molecular weight excluding hydrogens is 475 g/mol. The Morgan fingerprint density at radius 2 is 2.06 bits per heavy atom. The molecule has 1 aliphatic heterocycles. The van der Waals surface area contributed by atoms with E-state index in [0.29, 0.717) is 10.6 Å². The predicted molar refractivity (Wildman–Crippen MR) is 123 cm³/mol. The van der Waals surface area contributed by atoms with E-state index >= 15 is 0 Å². The molecule has 0 amide bonds. The first-order chi connectivity index (χ1) is 15.8. The number of aromatic amines is 1. The highest BCUT2D eigenvalue weighted by Gasteiger charge is 2.37. The van der Waals surface area contributed by atoms with Crippen molar-refractivity contribution >= 4 is 40.3 Å². The molecule has 0 saturated heterocycles. The Kier molecular flexibility index (Phi) is 5.62. The molecule has 5 nitrogen and oxygen atoms in total. The minimum absolute atomic E-state index is 0.0483. The highest BCUT2D eigenvalue weighted by molar-refractivity contribution is 7.99. The van der Waals surface area contributed by atoms with Crippen LogP contribution in [0.25, 0.3) is 17.0 Å². The Hall–Kier alpha value is -2.91. The third-order valence-electron chi connectivity index (χ3n) is 5.64. The average molecular weight is 492 g/mol. The number of anilines is 2. The lowest BCUT2D eigenvalue weighted by molar-refractivity contribution is -0.160. The van der Waals surface area contributed by atoms with Crippen LogP contribution in [-0.2, 0) is 0 Å². The number of rotatable bonds is 3. The van der Waals surface area contributed by atoms with E-state index < -0.39 is 17.9 Å². The van der Waals surface area contributed by atoms with E-state index in [1.54, 1.807) is 36.0 Å². The first-order valence-electron chi connectivity index (χ1n) is 10.2. The smallest absolute Gasteiger partial charge is 0.340 e. The lowest BCUT2D eigenvalue weighted by Crippen LogP contribution is -2.24. The topological polar surface area (TPSA) is 62.1 Å². The van der Waals surface area contributed by atoms with Crippen LogP contribution in [0, 0.1) is 5.92 Å². The van der Waals surface area contributed by atoms with Crippen LogP contribution < -0.4 is 10.7 Å². The number of hydrogen-bond acceptors (Lipinski definition) is 5. The van der Waals surface area contributed by atoms with Crippen LogP contribution in [0.5, 0.6) is 0 Å². The largest absolute Gasteiger partial charge is 0.439 e. The standard InChI is InChI=1S/C23H17ClF3N3O2S/c24-18-12-16(6-7-17(18)21-28-22(31)32-29-21)30-9-10-33-20-11-14(3-8-19(20)30)13-1-4-15(5-2-13)23(25,26)27/h1-4,6-8,11-12,15H,5,9-10H2,(H,28,29,31). The van der Waals surface area contributed by atoms with E-state index in [1.165, 1.54) is 6.08 Å². The monoisotopic (exact) mass is 491 g/mol. The number of nitrogens with zero attached hydrogens (tertiary/aromatic N) is 2. The second kappa shape index (κ2) is 8.46. The molecule has 1 unspecified atom stereocenters. The van der Waals surface area contributed by atoms with Crippen molar-refractivity contribution in [1.82, 2.24) is 10.1 Å². The number of alkyl halides is 3. The van der Waals surface area contributed by atoms with Crippen molar-refractivity contribution < 1.29 is 17.7 Å². The van der Waals surface area contributed by atoms with Gasteiger partial charge in [0.15, 0.2) is 5.82 Å². The number of allylic oxidation sites excluding steroid dienone is 4. The molecule has 2 heterocycles. The minimum atomic E-state index is -4.22. The third kappa shape index (κ3) is 4.35. The second-order valence-electron chi connectivity index (χ2n) is 7.69. The molecule has 0 bridgehead atoms. The molecular formula is C23H17ClF3N3O2S. The molecule has 1 N–H and O–H groups in total. The van der Waals surface area contributed by atoms with Crippen LogP contribution in [0.1, 0.15) is 12.0 Å². The molecule has 2 aliphatic rings. The Morgan fingerprint density at radius 3 is 2.73 bits per heavy atom. The first kappa shape index (κ1) is 21.9. The number of H-pyrrole nitrogens is 1. The van der Waals surface area contributed by atoms with Crippen LogP contribution in [0.2, 0.25) is 5.02 Å². The van der Waals surface area contributed by atoms with Gasteiger partial charge in [-0.1, -0.05) is 41.1 Å². The van der Waals surface area contributed by atoms with Gasteiger partial charge in [0.1, 0.15) is 0 Å². The summed E-state index contributed by atoms with van der Waals surface area (Å²) in [6.45, 7) is 0.767. The Morgan fingerprint density at radius 1 is 1.21 bits per heavy atom. The zero-order chi connectivity index (χ0) is 23.2. The lowest BCUT2D eigenvalue weighted by atomic mass is 9.92. The van der Waals surface area contributed by atoms with Crippen molar-refractivity contribution in [3.8, 4) is 11.4 Å². The zero-order valence-electron chi connectivity index (χ0n) is 17.0. The zero-order valence-corrected chi connectivity index (χ0v) is 18.6. The van der Waals surface area contributed by atoms with Crippen LogP contribution >= 0.6 is 23.4 Å². The predicted octanol–water partition coefficient (Wildman–Crippen LogP) is 6.45. The van der Waals surface area contributed by atoms with Crippen molar-refractivity contribution in [3.05, 3.63) is 75.8 Å². The summed E-state index contributed by atoms with van der Waals surface area (Å²) in [5, 5.41) is 4.10. The van der Waals surface area contributed by atoms with Gasteiger partial charge in [-0.3, -0.25) is 9.51 Å². The van der Waals surface area contributed by atoms with Crippen molar-refractivity contribution in [2.75, 3.05) is 17.2 Å². The van der Waals surface area contributed by atoms with Gasteiger partial charge in [0.2, 0.25) is 0 Å². The summed E-state index contributed by atoms with van der Waals surface area (Å²) in [5.74, 6) is -0.971. The number of thioether (sulfide) groups is 1. The molecule has 0 radical (unpaired) electrons. The number of aromatic nitrogens is 2. The second-order valence-corrected chi connectivity index (χ2v) is 9.24. The summed E-state index contributed by atoms with van der Waals surface area (Å²) < 4.78 is 43.3. The quantitative estimate of drug-likeness (QED) is 0.456. The summed E-state index contributed by atoms with van der Waals surface area (Å²) in [6.07, 6.45) is 0.178. The van der Waals surface area contributed by atoms with Gasteiger partial charge >= 0.3 is 11.9 Å². The maximum atomic E-state index is 12.9. The van der Waals surface area contributed by atoms with Crippen molar-refractivity contribution in [2.45, 2.75) is 17.5 Å². The summed E-state index contributed by atoms with van der Waals surface area (Å²) in [7, 11) is 0. The van der Waals surface area contributed by atoms with Crippen LogP contribution in [0.15, 0.2) is 68.8 Å². The molecule has 1 aromatic heterocycles. The highest BCUT2D eigenvalue weighted by atomic mass is 35.5. The molecule has 3 aromatic rings. The van der Waals surface area contributed by atoms with Gasteiger partial charge in [-0.05, 0) is 47.9 Å². The highest BCUT2D eigenvalue weighted by Crippen LogP contribution is 2.43. The fourth-order valence-electron chi connectivity index (χ4n) is 3.95. The Balaban J connectivity index is 1.42. The van der Waals surface area contributed by atoms with E-state index in [0.717, 1.165) is 39.7 Å². The van der Waals surface area contributed by atoms with Gasteiger partial charge in [0.05, 0.1) is 16.6 Å². The van der Waals surface area contributed by atoms with E-state index in [4.69, 9.17) is 11.6 Å². The number of nitrogens with one attached hydrogen (secondary N) is 1. The van der Waals surface area contributed by atoms with Crippen molar-refractivity contribution in [3.63, 3.8) is 0 Å². The van der Waals surface area contributed by atoms with Gasteiger partial charge < -0.3 is 4.90 Å². The molecule has 0 saturated carbocycles. The fourth-order valence-corrected chi connectivity index (χ4v) is 5.25. The molecule has 2 aromatic carbocycles. The van der Waals surface area contributed by atoms with Crippen LogP contribution in [0.4, 0.5) is 24.5 Å². The van der Waals surface area contributed by atoms with Crippen LogP contribution in [0.3, 0.4) is 0 Å². The maximum absolute atomic E-state index is 12.9. The van der Waals surface area contributed by atoms with Crippen molar-refractivity contribution in [2.24, 2.45) is 5.92 Å². The number of halogens is 4. The first-order valence-corrected chi connectivity index (χ1v) is 11.5. The maximum Gasteiger partial charge on any atom is 0.439 e. The summed E-state index contributed by atoms with van der Waals surface area (Å²) in [6, 6.07) is 11.4. The molecule has 1 aliphatic carbocycles. The molecule has 0 spiro atoms.